The Hall–Kier alpha value is -3.90. The van der Waals surface area contributed by atoms with E-state index in [9.17, 15) is 0 Å². The molecule has 2 aromatic heterocycles. The van der Waals surface area contributed by atoms with Crippen LogP contribution in [-0.2, 0) is 7.05 Å². The SMILES string of the molecule is [C-]#[N+]c1ccc2c(oc3c(-c4c(C)ccc[n+]4C)c(C)ccc32)c1-c1ccc(C(C)C)cc1. The number of pyridine rings is 1. The Morgan fingerprint density at radius 1 is 0.818 bits per heavy atom. The smallest absolute Gasteiger partial charge is 0.219 e. The molecule has 2 heterocycles. The number of hydrogen-bond acceptors (Lipinski definition) is 1. The Kier molecular flexibility index (Phi) is 5.02. The van der Waals surface area contributed by atoms with Gasteiger partial charge in [-0.15, -0.1) is 0 Å². The molecule has 0 bridgehead atoms. The standard InChI is InChI=1S/C30H27N2O/c1-18(2)21-10-12-22(13-11-21)27-25(31-5)16-15-24-23-14-9-19(3)26(29(23)33-30(24)27)28-20(4)8-7-17-32(28)6/h7-18H,1-4,6H3/q+1. The lowest BCUT2D eigenvalue weighted by molar-refractivity contribution is -0.660. The van der Waals surface area contributed by atoms with Crippen LogP contribution in [0.4, 0.5) is 5.69 Å². The van der Waals surface area contributed by atoms with E-state index in [1.165, 1.54) is 16.7 Å². The number of furan rings is 1. The second-order valence-electron chi connectivity index (χ2n) is 9.11. The largest absolute Gasteiger partial charge is 0.456 e. The van der Waals surface area contributed by atoms with E-state index in [1.807, 2.05) is 12.1 Å². The highest BCUT2D eigenvalue weighted by Crippen LogP contribution is 2.44. The van der Waals surface area contributed by atoms with Gasteiger partial charge in [0.25, 0.3) is 0 Å². The van der Waals surface area contributed by atoms with Gasteiger partial charge in [0.2, 0.25) is 5.69 Å². The summed E-state index contributed by atoms with van der Waals surface area (Å²) >= 11 is 0. The maximum absolute atomic E-state index is 7.80. The van der Waals surface area contributed by atoms with Crippen LogP contribution in [0, 0.1) is 20.4 Å². The number of hydrogen-bond donors (Lipinski definition) is 0. The summed E-state index contributed by atoms with van der Waals surface area (Å²) in [5.41, 5.74) is 10.0. The molecule has 162 valence electrons. The van der Waals surface area contributed by atoms with Crippen molar-refractivity contribution in [3.63, 3.8) is 0 Å². The first kappa shape index (κ1) is 21.0. The predicted octanol–water partition coefficient (Wildman–Crippen LogP) is 8.04. The normalized spacial score (nSPS) is 11.4. The number of aryl methyl sites for hydroxylation is 3. The van der Waals surface area contributed by atoms with Crippen molar-refractivity contribution in [3.05, 3.63) is 95.0 Å². The fraction of sp³-hybridized carbons (Fsp3) is 0.200. The van der Waals surface area contributed by atoms with Crippen molar-refractivity contribution < 1.29 is 8.98 Å². The maximum atomic E-state index is 7.80. The van der Waals surface area contributed by atoms with Crippen molar-refractivity contribution >= 4 is 27.6 Å². The Labute approximate surface area is 194 Å². The van der Waals surface area contributed by atoms with Crippen molar-refractivity contribution in [1.82, 2.24) is 0 Å². The highest BCUT2D eigenvalue weighted by atomic mass is 16.3. The quantitative estimate of drug-likeness (QED) is 0.209. The van der Waals surface area contributed by atoms with E-state index in [0.29, 0.717) is 11.6 Å². The van der Waals surface area contributed by atoms with Crippen LogP contribution >= 0.6 is 0 Å². The fourth-order valence-corrected chi connectivity index (χ4v) is 4.81. The maximum Gasteiger partial charge on any atom is 0.219 e. The molecule has 0 fully saturated rings. The molecule has 5 rings (SSSR count). The van der Waals surface area contributed by atoms with Gasteiger partial charge in [-0.2, -0.15) is 0 Å². The molecule has 0 radical (unpaired) electrons. The molecule has 0 saturated carbocycles. The Morgan fingerprint density at radius 3 is 2.12 bits per heavy atom. The van der Waals surface area contributed by atoms with Gasteiger partial charge in [-0.3, -0.25) is 0 Å². The summed E-state index contributed by atoms with van der Waals surface area (Å²) in [6.45, 7) is 16.4. The Bertz CT molecular complexity index is 1540. The Morgan fingerprint density at radius 2 is 1.48 bits per heavy atom. The van der Waals surface area contributed by atoms with Crippen LogP contribution in [0.1, 0.15) is 36.5 Å². The summed E-state index contributed by atoms with van der Waals surface area (Å²) in [5.74, 6) is 0.460. The molecule has 3 aromatic carbocycles. The van der Waals surface area contributed by atoms with Crippen LogP contribution in [0.15, 0.2) is 71.3 Å². The van der Waals surface area contributed by atoms with E-state index in [0.717, 1.165) is 44.3 Å². The van der Waals surface area contributed by atoms with E-state index >= 15 is 0 Å². The minimum absolute atomic E-state index is 0.460. The molecule has 0 aliphatic rings. The summed E-state index contributed by atoms with van der Waals surface area (Å²) in [4.78, 5) is 3.84. The molecule has 0 N–H and O–H groups in total. The minimum Gasteiger partial charge on any atom is -0.456 e. The van der Waals surface area contributed by atoms with Crippen molar-refractivity contribution in [2.24, 2.45) is 7.05 Å². The average Bonchev–Trinajstić information content (AvgIpc) is 3.18. The van der Waals surface area contributed by atoms with Gasteiger partial charge in [0, 0.05) is 28.0 Å². The van der Waals surface area contributed by atoms with Crippen LogP contribution in [-0.4, -0.2) is 0 Å². The van der Waals surface area contributed by atoms with Gasteiger partial charge in [-0.1, -0.05) is 62.4 Å². The molecule has 3 nitrogen and oxygen atoms in total. The highest BCUT2D eigenvalue weighted by molar-refractivity contribution is 6.15. The lowest BCUT2D eigenvalue weighted by atomic mass is 9.95. The molecule has 0 aliphatic carbocycles. The van der Waals surface area contributed by atoms with Crippen LogP contribution in [0.25, 0.3) is 49.2 Å². The first-order valence-corrected chi connectivity index (χ1v) is 11.3. The molecule has 0 spiro atoms. The molecular formula is C30H27N2O+. The second kappa shape index (κ2) is 7.90. The lowest BCUT2D eigenvalue weighted by Crippen LogP contribution is -2.31. The summed E-state index contributed by atoms with van der Waals surface area (Å²) in [6.07, 6.45) is 2.07. The van der Waals surface area contributed by atoms with Gasteiger partial charge in [0.05, 0.1) is 12.1 Å². The minimum atomic E-state index is 0.460. The van der Waals surface area contributed by atoms with Crippen molar-refractivity contribution in [2.45, 2.75) is 33.6 Å². The second-order valence-corrected chi connectivity index (χ2v) is 9.11. The molecule has 5 aromatic rings. The molecule has 0 atom stereocenters. The van der Waals surface area contributed by atoms with Crippen LogP contribution < -0.4 is 4.57 Å². The molecule has 3 heteroatoms. The third-order valence-corrected chi connectivity index (χ3v) is 6.60. The van der Waals surface area contributed by atoms with Gasteiger partial charge < -0.3 is 4.42 Å². The molecular weight excluding hydrogens is 404 g/mol. The monoisotopic (exact) mass is 431 g/mol. The highest BCUT2D eigenvalue weighted by Gasteiger charge is 2.24. The van der Waals surface area contributed by atoms with Gasteiger partial charge in [-0.05, 0) is 42.5 Å². The van der Waals surface area contributed by atoms with E-state index in [2.05, 4.69) is 98.9 Å². The van der Waals surface area contributed by atoms with Gasteiger partial charge in [0.15, 0.2) is 11.9 Å². The van der Waals surface area contributed by atoms with Gasteiger partial charge >= 0.3 is 0 Å². The number of rotatable bonds is 3. The van der Waals surface area contributed by atoms with Crippen molar-refractivity contribution in [3.8, 4) is 22.4 Å². The third kappa shape index (κ3) is 3.31. The molecule has 33 heavy (non-hydrogen) atoms. The topological polar surface area (TPSA) is 21.4 Å². The summed E-state index contributed by atoms with van der Waals surface area (Å²) in [6, 6.07) is 21.0. The Balaban J connectivity index is 1.87. The van der Waals surface area contributed by atoms with Gasteiger partial charge in [0.1, 0.15) is 18.2 Å². The number of fused-ring (bicyclic) bond motifs is 3. The third-order valence-electron chi connectivity index (χ3n) is 6.60. The van der Waals surface area contributed by atoms with Crippen molar-refractivity contribution in [2.75, 3.05) is 0 Å². The summed E-state index contributed by atoms with van der Waals surface area (Å²) < 4.78 is 8.83. The number of nitrogens with zero attached hydrogens (tertiary/aromatic N) is 2. The van der Waals surface area contributed by atoms with Crippen LogP contribution in [0.2, 0.25) is 0 Å². The number of benzene rings is 3. The molecule has 0 saturated heterocycles. The summed E-state index contributed by atoms with van der Waals surface area (Å²) in [7, 11) is 2.07. The first-order chi connectivity index (χ1) is 15.9. The van der Waals surface area contributed by atoms with Crippen LogP contribution in [0.3, 0.4) is 0 Å². The van der Waals surface area contributed by atoms with Crippen LogP contribution in [0.5, 0.6) is 0 Å². The predicted molar refractivity (Wildman–Crippen MR) is 136 cm³/mol. The van der Waals surface area contributed by atoms with E-state index < -0.39 is 0 Å². The molecule has 0 aliphatic heterocycles. The molecule has 0 unspecified atom stereocenters. The fourth-order valence-electron chi connectivity index (χ4n) is 4.81. The zero-order valence-electron chi connectivity index (χ0n) is 19.7. The van der Waals surface area contributed by atoms with Crippen molar-refractivity contribution in [1.29, 1.82) is 0 Å². The van der Waals surface area contributed by atoms with Gasteiger partial charge in [-0.25, -0.2) is 9.41 Å². The average molecular weight is 432 g/mol. The van der Waals surface area contributed by atoms with E-state index in [1.54, 1.807) is 0 Å². The zero-order chi connectivity index (χ0) is 23.3. The zero-order valence-corrected chi connectivity index (χ0v) is 19.7. The summed E-state index contributed by atoms with van der Waals surface area (Å²) in [5, 5.41) is 2.11. The lowest BCUT2D eigenvalue weighted by Gasteiger charge is -2.09. The number of aromatic nitrogens is 1. The van der Waals surface area contributed by atoms with E-state index in [4.69, 9.17) is 11.0 Å². The molecule has 0 amide bonds. The first-order valence-electron chi connectivity index (χ1n) is 11.3. The van der Waals surface area contributed by atoms with E-state index in [-0.39, 0.29) is 0 Å².